The Morgan fingerprint density at radius 3 is 1.45 bits per heavy atom. The van der Waals surface area contributed by atoms with Gasteiger partial charge in [-0.05, 0) is 89.7 Å². The van der Waals surface area contributed by atoms with E-state index in [1.54, 1.807) is 12.8 Å². The zero-order chi connectivity index (χ0) is 16.0. The second-order valence-corrected chi connectivity index (χ2v) is 18.7. The molecule has 24 atom stereocenters. The van der Waals surface area contributed by atoms with Crippen molar-refractivity contribution >= 4 is 10.0 Å². The lowest BCUT2D eigenvalue weighted by atomic mass is 9.90. The van der Waals surface area contributed by atoms with Crippen molar-refractivity contribution in [1.82, 2.24) is 0 Å². The van der Waals surface area contributed by atoms with Crippen LogP contribution in [0.5, 0.6) is 0 Å². The first-order valence-corrected chi connectivity index (χ1v) is 14.3. The normalized spacial score (nSPS) is 144. The fourth-order valence-corrected chi connectivity index (χ4v) is 27.2. The van der Waals surface area contributed by atoms with Crippen molar-refractivity contribution in [3.05, 3.63) is 0 Å². The van der Waals surface area contributed by atoms with Gasteiger partial charge in [0.15, 0.2) is 0 Å². The third kappa shape index (κ3) is 0.200. The van der Waals surface area contributed by atoms with Gasteiger partial charge in [0.05, 0.1) is 12.2 Å². The van der Waals surface area contributed by atoms with Gasteiger partial charge in [-0.1, -0.05) is 0 Å². The van der Waals surface area contributed by atoms with Crippen molar-refractivity contribution in [2.75, 3.05) is 0 Å². The third-order valence-corrected chi connectivity index (χ3v) is 23.9. The minimum Gasteiger partial charge on any atom is -0.389 e. The monoisotopic (exact) mass is 382 g/mol. The smallest absolute Gasteiger partial charge is 0.389 e. The average Bonchev–Trinajstić information content (AvgIpc) is 3.44. The number of rotatable bonds is 4. The largest absolute Gasteiger partial charge is 0.434 e. The standard InChI is InChI=1S/C26H10O2Si/c1-3-9(1)13(3)17(9)21(13)23-15-5-7(11(5,15)19(15,23)25(17,21)23)27-29-28-8-6-12(8)16(6)20(12)24(16)22-14-4-2-10(4,14)18(14,22)26(20,22)24/h3-8H,1-2H2. The molecule has 0 aliphatic heterocycles. The summed E-state index contributed by atoms with van der Waals surface area (Å²) in [6.07, 6.45) is 4.83. The third-order valence-electron chi connectivity index (χ3n) is 23.2. The average molecular weight is 382 g/mol. The summed E-state index contributed by atoms with van der Waals surface area (Å²) < 4.78 is 13.0. The second kappa shape index (κ2) is 1.20. The molecule has 22 aliphatic carbocycles. The molecule has 2 radical (unpaired) electrons. The van der Waals surface area contributed by atoms with E-state index in [1.165, 1.54) is 11.8 Å². The Labute approximate surface area is 165 Å². The lowest BCUT2D eigenvalue weighted by molar-refractivity contribution is 0.115. The van der Waals surface area contributed by atoms with Gasteiger partial charge >= 0.3 is 10.0 Å². The zero-order valence-electron chi connectivity index (χ0n) is 15.2. The van der Waals surface area contributed by atoms with E-state index in [4.69, 9.17) is 8.85 Å². The van der Waals surface area contributed by atoms with E-state index >= 15 is 0 Å². The quantitative estimate of drug-likeness (QED) is 0.663. The van der Waals surface area contributed by atoms with E-state index in [0.717, 1.165) is 122 Å². The molecule has 22 fully saturated rings. The van der Waals surface area contributed by atoms with Gasteiger partial charge < -0.3 is 8.85 Å². The maximum atomic E-state index is 6.50. The van der Waals surface area contributed by atoms with Crippen LogP contribution in [-0.2, 0) is 8.85 Å². The van der Waals surface area contributed by atoms with Gasteiger partial charge in [-0.25, -0.2) is 0 Å². The van der Waals surface area contributed by atoms with E-state index < -0.39 is 0 Å². The molecule has 3 heteroatoms. The Morgan fingerprint density at radius 1 is 0.517 bits per heavy atom. The summed E-state index contributed by atoms with van der Waals surface area (Å²) in [6, 6.07) is 0. The van der Waals surface area contributed by atoms with E-state index in [1.807, 2.05) is 0 Å². The Bertz CT molecular complexity index is 1730. The minimum atomic E-state index is 0.426. The summed E-state index contributed by atoms with van der Waals surface area (Å²) in [5.74, 6) is 4.81. The molecule has 0 amide bonds. The van der Waals surface area contributed by atoms with Crippen LogP contribution in [0.2, 0.25) is 0 Å². The molecule has 0 N–H and O–H groups in total. The minimum absolute atomic E-state index is 0.426. The first-order valence-electron chi connectivity index (χ1n) is 13.5. The topological polar surface area (TPSA) is 18.5 Å². The Morgan fingerprint density at radius 2 is 1.00 bits per heavy atom. The molecular weight excluding hydrogens is 372 g/mol. The second-order valence-electron chi connectivity index (χ2n) is 18.0. The molecule has 0 bridgehead atoms. The van der Waals surface area contributed by atoms with Crippen molar-refractivity contribution in [3.63, 3.8) is 0 Å². The Balaban J connectivity index is 0.624. The lowest BCUT2D eigenvalue weighted by Crippen LogP contribution is -2.24. The van der Waals surface area contributed by atoms with Crippen LogP contribution >= 0.6 is 0 Å². The number of hydrogen-bond donors (Lipinski definition) is 0. The highest BCUT2D eigenvalue weighted by atomic mass is 28.3. The van der Waals surface area contributed by atoms with E-state index in [2.05, 4.69) is 0 Å². The van der Waals surface area contributed by atoms with E-state index in [-0.39, 0.29) is 0 Å². The Kier molecular flexibility index (Phi) is 0.381. The molecule has 29 heavy (non-hydrogen) atoms. The van der Waals surface area contributed by atoms with E-state index in [9.17, 15) is 0 Å². The molecule has 0 heterocycles. The maximum Gasteiger partial charge on any atom is 0.434 e. The van der Waals surface area contributed by atoms with Gasteiger partial charge in [-0.2, -0.15) is 0 Å². The summed E-state index contributed by atoms with van der Waals surface area (Å²) in [7, 11) is 0.426. The molecule has 22 saturated carbocycles. The first-order chi connectivity index (χ1) is 14.4. The SMILES string of the molecule is C1C2C13C21C32C13C14C56C7C(O[Si]OC8C9C8%10C98C%109C8%10C8%11C%12%13C%14CC%14%12C%138C9%11%10)C75C61C234. The molecule has 130 valence electrons. The van der Waals surface area contributed by atoms with Crippen LogP contribution in [0, 0.1) is 121 Å². The molecule has 0 aromatic rings. The van der Waals surface area contributed by atoms with Crippen LogP contribution in [-0.4, -0.2) is 22.2 Å². The summed E-state index contributed by atoms with van der Waals surface area (Å²) in [5.41, 5.74) is 18.8. The van der Waals surface area contributed by atoms with Crippen molar-refractivity contribution in [2.24, 2.45) is 121 Å². The first kappa shape index (κ1) is 9.18. The molecular formula is C26H10O2Si. The summed E-state index contributed by atoms with van der Waals surface area (Å²) in [6.45, 7) is 0. The number of hydrogen-bond acceptors (Lipinski definition) is 2. The fourth-order valence-electron chi connectivity index (χ4n) is 26.3. The predicted molar refractivity (Wildman–Crippen MR) is 82.5 cm³/mol. The highest BCUT2D eigenvalue weighted by Gasteiger charge is 3.79. The van der Waals surface area contributed by atoms with Crippen LogP contribution in [0.1, 0.15) is 12.8 Å². The van der Waals surface area contributed by atoms with Crippen LogP contribution < -0.4 is 0 Å². The zero-order valence-corrected chi connectivity index (χ0v) is 16.2. The summed E-state index contributed by atoms with van der Waals surface area (Å²) in [4.78, 5) is 0. The molecule has 0 aromatic carbocycles. The molecule has 22 aliphatic rings. The van der Waals surface area contributed by atoms with E-state index in [0.29, 0.717) is 10.0 Å². The van der Waals surface area contributed by atoms with Gasteiger partial charge in [0.1, 0.15) is 0 Å². The van der Waals surface area contributed by atoms with Crippen molar-refractivity contribution in [1.29, 1.82) is 0 Å². The summed E-state index contributed by atoms with van der Waals surface area (Å²) in [5, 5.41) is 0. The van der Waals surface area contributed by atoms with Crippen LogP contribution in [0.4, 0.5) is 0 Å². The molecule has 22 rings (SSSR count). The molecule has 2 nitrogen and oxygen atoms in total. The van der Waals surface area contributed by atoms with Crippen LogP contribution in [0.3, 0.4) is 0 Å². The summed E-state index contributed by atoms with van der Waals surface area (Å²) >= 11 is 0. The maximum absolute atomic E-state index is 6.50. The molecule has 18 spiro atoms. The van der Waals surface area contributed by atoms with Gasteiger partial charge in [-0.15, -0.1) is 0 Å². The van der Waals surface area contributed by atoms with Gasteiger partial charge in [-0.3, -0.25) is 0 Å². The molecule has 0 aromatic heterocycles. The lowest BCUT2D eigenvalue weighted by Gasteiger charge is -2.18. The highest BCUT2D eigenvalue weighted by Crippen LogP contribution is 3.79. The van der Waals surface area contributed by atoms with Gasteiger partial charge in [0.25, 0.3) is 0 Å². The van der Waals surface area contributed by atoms with Crippen LogP contribution in [0.15, 0.2) is 0 Å². The highest BCUT2D eigenvalue weighted by molar-refractivity contribution is 6.25. The van der Waals surface area contributed by atoms with Crippen molar-refractivity contribution < 1.29 is 8.85 Å². The molecule has 0 saturated heterocycles. The van der Waals surface area contributed by atoms with Gasteiger partial charge in [0.2, 0.25) is 0 Å². The van der Waals surface area contributed by atoms with Crippen LogP contribution in [0.25, 0.3) is 0 Å². The predicted octanol–water partition coefficient (Wildman–Crippen LogP) is 0.590. The fraction of sp³-hybridized carbons (Fsp3) is 1.00. The van der Waals surface area contributed by atoms with Crippen molar-refractivity contribution in [2.45, 2.75) is 25.0 Å². The Hall–Kier alpha value is 0.137. The van der Waals surface area contributed by atoms with Crippen molar-refractivity contribution in [3.8, 4) is 0 Å². The van der Waals surface area contributed by atoms with Gasteiger partial charge in [0, 0.05) is 44.3 Å². The molecule has 24 unspecified atom stereocenters.